The summed E-state index contributed by atoms with van der Waals surface area (Å²) in [6.45, 7) is 5.29. The second-order valence-electron chi connectivity index (χ2n) is 5.72. The maximum Gasteiger partial charge on any atom is 0.317 e. The van der Waals surface area contributed by atoms with Gasteiger partial charge in [-0.15, -0.1) is 0 Å². The van der Waals surface area contributed by atoms with Crippen molar-refractivity contribution in [3.63, 3.8) is 0 Å². The Labute approximate surface area is 120 Å². The number of nitrogens with one attached hydrogen (secondary N) is 1. The summed E-state index contributed by atoms with van der Waals surface area (Å²) in [5.41, 5.74) is 0. The predicted molar refractivity (Wildman–Crippen MR) is 76.3 cm³/mol. The summed E-state index contributed by atoms with van der Waals surface area (Å²) in [5, 5.41) is 2.87. The second kappa shape index (κ2) is 6.76. The van der Waals surface area contributed by atoms with Crippen molar-refractivity contribution in [3.05, 3.63) is 0 Å². The molecule has 0 radical (unpaired) electrons. The van der Waals surface area contributed by atoms with E-state index < -0.39 is 9.84 Å². The first-order valence-electron chi connectivity index (χ1n) is 7.31. The summed E-state index contributed by atoms with van der Waals surface area (Å²) in [6, 6.07) is -0.0938. The fraction of sp³-hybridized carbons (Fsp3) is 0.923. The molecule has 0 bridgehead atoms. The van der Waals surface area contributed by atoms with Crippen LogP contribution in [0.15, 0.2) is 0 Å². The number of carbonyl (C=O) groups is 1. The molecule has 2 heterocycles. The van der Waals surface area contributed by atoms with Gasteiger partial charge in [0.25, 0.3) is 0 Å². The van der Waals surface area contributed by atoms with Crippen molar-refractivity contribution < 1.29 is 17.9 Å². The summed E-state index contributed by atoms with van der Waals surface area (Å²) < 4.78 is 28.1. The highest BCUT2D eigenvalue weighted by molar-refractivity contribution is 7.91. The van der Waals surface area contributed by atoms with E-state index in [1.54, 1.807) is 4.90 Å². The predicted octanol–water partition coefficient (Wildman–Crippen LogP) is 0.489. The maximum atomic E-state index is 12.1. The Morgan fingerprint density at radius 3 is 2.70 bits per heavy atom. The van der Waals surface area contributed by atoms with Crippen LogP contribution in [0.25, 0.3) is 0 Å². The molecule has 0 spiro atoms. The van der Waals surface area contributed by atoms with E-state index in [1.807, 2.05) is 6.92 Å². The molecule has 2 saturated heterocycles. The van der Waals surface area contributed by atoms with Gasteiger partial charge in [-0.05, 0) is 25.7 Å². The lowest BCUT2D eigenvalue weighted by Gasteiger charge is -2.24. The van der Waals surface area contributed by atoms with Gasteiger partial charge in [-0.2, -0.15) is 0 Å². The standard InChI is InChI=1S/C13H24N2O4S/c1-2-15(8-12-3-5-19-9-12)13(16)14-7-11-4-6-20(17,18)10-11/h11-12H,2-10H2,1H3,(H,14,16)/t11-,12-/m0/s1. The number of nitrogens with zero attached hydrogens (tertiary/aromatic N) is 1. The Morgan fingerprint density at radius 2 is 2.15 bits per heavy atom. The van der Waals surface area contributed by atoms with Crippen LogP contribution in [0.1, 0.15) is 19.8 Å². The van der Waals surface area contributed by atoms with Crippen LogP contribution in [0.3, 0.4) is 0 Å². The van der Waals surface area contributed by atoms with Crippen LogP contribution in [0.5, 0.6) is 0 Å². The van der Waals surface area contributed by atoms with Gasteiger partial charge in [-0.25, -0.2) is 13.2 Å². The van der Waals surface area contributed by atoms with E-state index in [2.05, 4.69) is 5.32 Å². The van der Waals surface area contributed by atoms with Crippen molar-refractivity contribution in [2.75, 3.05) is 44.4 Å². The molecule has 116 valence electrons. The summed E-state index contributed by atoms with van der Waals surface area (Å²) in [6.07, 6.45) is 1.66. The summed E-state index contributed by atoms with van der Waals surface area (Å²) in [4.78, 5) is 13.9. The highest BCUT2D eigenvalue weighted by atomic mass is 32.2. The maximum absolute atomic E-state index is 12.1. The zero-order valence-corrected chi connectivity index (χ0v) is 12.8. The van der Waals surface area contributed by atoms with Gasteiger partial charge in [0, 0.05) is 32.2 Å². The smallest absolute Gasteiger partial charge is 0.317 e. The van der Waals surface area contributed by atoms with E-state index in [0.717, 1.165) is 19.6 Å². The van der Waals surface area contributed by atoms with Crippen molar-refractivity contribution in [3.8, 4) is 0 Å². The molecular formula is C13H24N2O4S. The van der Waals surface area contributed by atoms with Gasteiger partial charge < -0.3 is 15.0 Å². The Hall–Kier alpha value is -0.820. The van der Waals surface area contributed by atoms with Gasteiger partial charge in [-0.3, -0.25) is 0 Å². The third-order valence-electron chi connectivity index (χ3n) is 4.04. The van der Waals surface area contributed by atoms with Crippen molar-refractivity contribution in [2.24, 2.45) is 11.8 Å². The van der Waals surface area contributed by atoms with Gasteiger partial charge in [0.2, 0.25) is 0 Å². The molecule has 0 aromatic rings. The van der Waals surface area contributed by atoms with Crippen molar-refractivity contribution in [2.45, 2.75) is 19.8 Å². The van der Waals surface area contributed by atoms with Crippen LogP contribution in [-0.4, -0.2) is 63.7 Å². The molecule has 6 nitrogen and oxygen atoms in total. The Morgan fingerprint density at radius 1 is 1.35 bits per heavy atom. The number of rotatable bonds is 5. The Balaban J connectivity index is 1.74. The largest absolute Gasteiger partial charge is 0.381 e. The van der Waals surface area contributed by atoms with Crippen LogP contribution >= 0.6 is 0 Å². The molecule has 0 unspecified atom stereocenters. The molecule has 2 fully saturated rings. The molecule has 2 aliphatic rings. The van der Waals surface area contributed by atoms with E-state index in [0.29, 0.717) is 32.0 Å². The first-order chi connectivity index (χ1) is 9.50. The summed E-state index contributed by atoms with van der Waals surface area (Å²) >= 11 is 0. The third-order valence-corrected chi connectivity index (χ3v) is 5.88. The lowest BCUT2D eigenvalue weighted by Crippen LogP contribution is -2.44. The molecule has 2 atom stereocenters. The molecule has 20 heavy (non-hydrogen) atoms. The molecule has 0 aliphatic carbocycles. The highest BCUT2D eigenvalue weighted by Crippen LogP contribution is 2.18. The van der Waals surface area contributed by atoms with E-state index in [4.69, 9.17) is 4.74 Å². The summed E-state index contributed by atoms with van der Waals surface area (Å²) in [5.74, 6) is 0.949. The van der Waals surface area contributed by atoms with E-state index >= 15 is 0 Å². The normalized spacial score (nSPS) is 28.4. The first kappa shape index (κ1) is 15.6. The minimum Gasteiger partial charge on any atom is -0.381 e. The number of hydrogen-bond donors (Lipinski definition) is 1. The molecule has 2 amide bonds. The van der Waals surface area contributed by atoms with Crippen LogP contribution < -0.4 is 5.32 Å². The molecule has 0 saturated carbocycles. The minimum atomic E-state index is -2.87. The fourth-order valence-electron chi connectivity index (χ4n) is 2.77. The molecule has 2 rings (SSSR count). The van der Waals surface area contributed by atoms with E-state index in [1.165, 1.54) is 0 Å². The third kappa shape index (κ3) is 4.34. The number of sulfone groups is 1. The first-order valence-corrected chi connectivity index (χ1v) is 9.13. The van der Waals surface area contributed by atoms with E-state index in [9.17, 15) is 13.2 Å². The lowest BCUT2D eigenvalue weighted by molar-refractivity contribution is 0.166. The fourth-order valence-corrected chi connectivity index (χ4v) is 4.63. The van der Waals surface area contributed by atoms with Gasteiger partial charge in [0.05, 0.1) is 18.1 Å². The van der Waals surface area contributed by atoms with Crippen molar-refractivity contribution in [1.82, 2.24) is 10.2 Å². The SMILES string of the molecule is CCN(C[C@@H]1CCOC1)C(=O)NC[C@@H]1CCS(=O)(=O)C1. The zero-order chi connectivity index (χ0) is 14.6. The molecule has 7 heteroatoms. The lowest BCUT2D eigenvalue weighted by atomic mass is 10.1. The van der Waals surface area contributed by atoms with E-state index in [-0.39, 0.29) is 23.5 Å². The van der Waals surface area contributed by atoms with Crippen LogP contribution in [0, 0.1) is 11.8 Å². The quantitative estimate of drug-likeness (QED) is 0.802. The second-order valence-corrected chi connectivity index (χ2v) is 7.95. The number of hydrogen-bond acceptors (Lipinski definition) is 4. The van der Waals surface area contributed by atoms with Crippen molar-refractivity contribution >= 4 is 15.9 Å². The van der Waals surface area contributed by atoms with Crippen LogP contribution in [0.2, 0.25) is 0 Å². The van der Waals surface area contributed by atoms with Crippen LogP contribution in [0.4, 0.5) is 4.79 Å². The molecule has 1 N–H and O–H groups in total. The van der Waals surface area contributed by atoms with Gasteiger partial charge >= 0.3 is 6.03 Å². The molecule has 0 aromatic heterocycles. The Kier molecular flexibility index (Phi) is 5.26. The average Bonchev–Trinajstić information content (AvgIpc) is 3.02. The average molecular weight is 304 g/mol. The molecular weight excluding hydrogens is 280 g/mol. The van der Waals surface area contributed by atoms with Crippen LogP contribution in [-0.2, 0) is 14.6 Å². The van der Waals surface area contributed by atoms with Crippen molar-refractivity contribution in [1.29, 1.82) is 0 Å². The monoisotopic (exact) mass is 304 g/mol. The minimum absolute atomic E-state index is 0.0671. The highest BCUT2D eigenvalue weighted by Gasteiger charge is 2.28. The molecule has 0 aromatic carbocycles. The topological polar surface area (TPSA) is 75.7 Å². The van der Waals surface area contributed by atoms with Gasteiger partial charge in [-0.1, -0.05) is 0 Å². The number of urea groups is 1. The van der Waals surface area contributed by atoms with Gasteiger partial charge in [0.15, 0.2) is 9.84 Å². The zero-order valence-electron chi connectivity index (χ0n) is 12.0. The van der Waals surface area contributed by atoms with Gasteiger partial charge in [0.1, 0.15) is 0 Å². The number of amides is 2. The summed E-state index contributed by atoms with van der Waals surface area (Å²) in [7, 11) is -2.87. The molecule has 2 aliphatic heterocycles. The number of ether oxygens (including phenoxy) is 1. The number of carbonyl (C=O) groups excluding carboxylic acids is 1. The Bertz CT molecular complexity index is 432.